The van der Waals surface area contributed by atoms with E-state index in [9.17, 15) is 4.79 Å². The van der Waals surface area contributed by atoms with E-state index in [0.29, 0.717) is 29.5 Å². The normalized spacial score (nSPS) is 11.5. The van der Waals surface area contributed by atoms with Gasteiger partial charge < -0.3 is 24.3 Å². The van der Waals surface area contributed by atoms with Crippen LogP contribution in [0.25, 0.3) is 0 Å². The van der Waals surface area contributed by atoms with Gasteiger partial charge in [-0.2, -0.15) is 0 Å². The number of carbonyl (C=O) groups excluding carboxylic acids is 1. The van der Waals surface area contributed by atoms with Crippen LogP contribution >= 0.6 is 0 Å². The summed E-state index contributed by atoms with van der Waals surface area (Å²) in [7, 11) is 4.66. The molecule has 0 aliphatic heterocycles. The lowest BCUT2D eigenvalue weighted by Gasteiger charge is -2.18. The molecule has 0 saturated carbocycles. The zero-order valence-corrected chi connectivity index (χ0v) is 16.7. The second-order valence-electron chi connectivity index (χ2n) is 6.21. The fourth-order valence-electron chi connectivity index (χ4n) is 2.67. The summed E-state index contributed by atoms with van der Waals surface area (Å²) in [6.45, 7) is 6.03. The number of ether oxygens (including phenoxy) is 4. The Labute approximate surface area is 160 Å². The quantitative estimate of drug-likeness (QED) is 0.768. The first-order valence-electron chi connectivity index (χ1n) is 8.70. The number of nitrogens with one attached hydrogen (secondary N) is 1. The third kappa shape index (κ3) is 4.84. The number of carbonyl (C=O) groups is 1. The van der Waals surface area contributed by atoms with Gasteiger partial charge in [-0.25, -0.2) is 0 Å². The molecule has 2 rings (SSSR count). The van der Waals surface area contributed by atoms with Crippen molar-refractivity contribution in [3.8, 4) is 23.0 Å². The van der Waals surface area contributed by atoms with Crippen LogP contribution in [0.5, 0.6) is 23.0 Å². The molecule has 2 aromatic carbocycles. The van der Waals surface area contributed by atoms with E-state index >= 15 is 0 Å². The molecule has 0 fully saturated rings. The lowest BCUT2D eigenvalue weighted by molar-refractivity contribution is -0.127. The van der Waals surface area contributed by atoms with E-state index in [0.717, 1.165) is 16.7 Å². The molecule has 0 saturated heterocycles. The first-order valence-corrected chi connectivity index (χ1v) is 8.70. The summed E-state index contributed by atoms with van der Waals surface area (Å²) in [6.07, 6.45) is -0.618. The van der Waals surface area contributed by atoms with Crippen molar-refractivity contribution in [3.63, 3.8) is 0 Å². The summed E-state index contributed by atoms with van der Waals surface area (Å²) >= 11 is 0. The van der Waals surface area contributed by atoms with Crippen molar-refractivity contribution in [3.05, 3.63) is 47.0 Å². The average molecular weight is 373 g/mol. The molecule has 6 heteroatoms. The second kappa shape index (κ2) is 9.16. The van der Waals surface area contributed by atoms with Crippen molar-refractivity contribution >= 4 is 5.91 Å². The molecule has 0 bridgehead atoms. The highest BCUT2D eigenvalue weighted by Crippen LogP contribution is 2.38. The maximum Gasteiger partial charge on any atom is 0.261 e. The van der Waals surface area contributed by atoms with Crippen LogP contribution in [0, 0.1) is 13.8 Å². The van der Waals surface area contributed by atoms with Crippen LogP contribution in [0.15, 0.2) is 30.3 Å². The number of amides is 1. The maximum atomic E-state index is 12.4. The summed E-state index contributed by atoms with van der Waals surface area (Å²) in [5.74, 6) is 2.11. The minimum Gasteiger partial charge on any atom is -0.493 e. The summed E-state index contributed by atoms with van der Waals surface area (Å²) in [4.78, 5) is 12.4. The monoisotopic (exact) mass is 373 g/mol. The molecule has 1 N–H and O–H groups in total. The predicted octanol–water partition coefficient (Wildman–Crippen LogP) is 3.41. The Bertz CT molecular complexity index is 778. The molecule has 0 unspecified atom stereocenters. The van der Waals surface area contributed by atoms with Gasteiger partial charge in [-0.15, -0.1) is 0 Å². The van der Waals surface area contributed by atoms with Crippen molar-refractivity contribution in [2.24, 2.45) is 0 Å². The Balaban J connectivity index is 2.05. The zero-order valence-electron chi connectivity index (χ0n) is 16.7. The van der Waals surface area contributed by atoms with Gasteiger partial charge in [-0.05, 0) is 55.7 Å². The molecule has 0 radical (unpaired) electrons. The van der Waals surface area contributed by atoms with Gasteiger partial charge in [-0.3, -0.25) is 4.79 Å². The second-order valence-corrected chi connectivity index (χ2v) is 6.21. The fourth-order valence-corrected chi connectivity index (χ4v) is 2.67. The van der Waals surface area contributed by atoms with E-state index < -0.39 is 6.10 Å². The summed E-state index contributed by atoms with van der Waals surface area (Å²) in [6, 6.07) is 9.40. The van der Waals surface area contributed by atoms with E-state index in [2.05, 4.69) is 5.32 Å². The third-order valence-electron chi connectivity index (χ3n) is 4.42. The van der Waals surface area contributed by atoms with E-state index in [1.165, 1.54) is 0 Å². The number of methoxy groups -OCH3 is 3. The van der Waals surface area contributed by atoms with Crippen LogP contribution in [0.1, 0.15) is 23.6 Å². The van der Waals surface area contributed by atoms with E-state index in [1.807, 2.05) is 32.0 Å². The molecule has 1 atom stereocenters. The van der Waals surface area contributed by atoms with Gasteiger partial charge in [-0.1, -0.05) is 12.1 Å². The SMILES string of the molecule is COc1cc(CNC(=O)[C@H](C)Oc2cccc(C)c2C)cc(OC)c1OC. The van der Waals surface area contributed by atoms with Gasteiger partial charge in [0.15, 0.2) is 17.6 Å². The highest BCUT2D eigenvalue weighted by atomic mass is 16.5. The highest BCUT2D eigenvalue weighted by molar-refractivity contribution is 5.80. The van der Waals surface area contributed by atoms with Crippen molar-refractivity contribution in [2.75, 3.05) is 21.3 Å². The van der Waals surface area contributed by atoms with Crippen molar-refractivity contribution in [1.29, 1.82) is 0 Å². The van der Waals surface area contributed by atoms with Gasteiger partial charge in [0.05, 0.1) is 21.3 Å². The van der Waals surface area contributed by atoms with Crippen molar-refractivity contribution < 1.29 is 23.7 Å². The van der Waals surface area contributed by atoms with Crippen LogP contribution in [-0.2, 0) is 11.3 Å². The maximum absolute atomic E-state index is 12.4. The molecule has 27 heavy (non-hydrogen) atoms. The highest BCUT2D eigenvalue weighted by Gasteiger charge is 2.17. The summed E-state index contributed by atoms with van der Waals surface area (Å²) < 4.78 is 21.8. The van der Waals surface area contributed by atoms with E-state index in [-0.39, 0.29) is 5.91 Å². The smallest absolute Gasteiger partial charge is 0.261 e. The van der Waals surface area contributed by atoms with Crippen LogP contribution in [0.4, 0.5) is 0 Å². The molecule has 0 aliphatic carbocycles. The van der Waals surface area contributed by atoms with Crippen LogP contribution in [0.3, 0.4) is 0 Å². The Morgan fingerprint density at radius 1 is 1.00 bits per heavy atom. The van der Waals surface area contributed by atoms with Gasteiger partial charge in [0.2, 0.25) is 5.75 Å². The van der Waals surface area contributed by atoms with Crippen LogP contribution in [-0.4, -0.2) is 33.3 Å². The van der Waals surface area contributed by atoms with Crippen molar-refractivity contribution in [2.45, 2.75) is 33.4 Å². The molecular formula is C21H27NO5. The van der Waals surface area contributed by atoms with E-state index in [1.54, 1.807) is 40.4 Å². The minimum atomic E-state index is -0.618. The van der Waals surface area contributed by atoms with Gasteiger partial charge in [0.25, 0.3) is 5.91 Å². The van der Waals surface area contributed by atoms with Crippen molar-refractivity contribution in [1.82, 2.24) is 5.32 Å². The molecule has 2 aromatic rings. The Kier molecular flexibility index (Phi) is 6.93. The Morgan fingerprint density at radius 2 is 1.63 bits per heavy atom. The van der Waals surface area contributed by atoms with Gasteiger partial charge in [0.1, 0.15) is 5.75 Å². The lowest BCUT2D eigenvalue weighted by Crippen LogP contribution is -2.36. The molecule has 146 valence electrons. The molecular weight excluding hydrogens is 346 g/mol. The molecule has 6 nitrogen and oxygen atoms in total. The van der Waals surface area contributed by atoms with Crippen LogP contribution < -0.4 is 24.3 Å². The largest absolute Gasteiger partial charge is 0.493 e. The fraction of sp³-hybridized carbons (Fsp3) is 0.381. The molecule has 0 aromatic heterocycles. The standard InChI is InChI=1S/C21H27NO5/c1-13-8-7-9-17(14(13)2)27-15(3)21(23)22-12-16-10-18(24-4)20(26-6)19(11-16)25-5/h7-11,15H,12H2,1-6H3,(H,22,23)/t15-/m0/s1. The third-order valence-corrected chi connectivity index (χ3v) is 4.42. The Morgan fingerprint density at radius 3 is 2.19 bits per heavy atom. The molecule has 0 heterocycles. The lowest BCUT2D eigenvalue weighted by atomic mass is 10.1. The molecule has 1 amide bonds. The van der Waals surface area contributed by atoms with Crippen LogP contribution in [0.2, 0.25) is 0 Å². The zero-order chi connectivity index (χ0) is 20.0. The Hall–Kier alpha value is -2.89. The average Bonchev–Trinajstić information content (AvgIpc) is 2.68. The predicted molar refractivity (Wildman–Crippen MR) is 104 cm³/mol. The number of rotatable bonds is 8. The summed E-state index contributed by atoms with van der Waals surface area (Å²) in [5.41, 5.74) is 2.98. The molecule has 0 spiro atoms. The first kappa shape index (κ1) is 20.4. The van der Waals surface area contributed by atoms with Gasteiger partial charge in [0, 0.05) is 6.54 Å². The summed E-state index contributed by atoms with van der Waals surface area (Å²) in [5, 5.41) is 2.88. The first-order chi connectivity index (χ1) is 12.9. The number of aryl methyl sites for hydroxylation is 1. The van der Waals surface area contributed by atoms with E-state index in [4.69, 9.17) is 18.9 Å². The number of hydrogen-bond acceptors (Lipinski definition) is 5. The number of benzene rings is 2. The molecule has 0 aliphatic rings. The number of hydrogen-bond donors (Lipinski definition) is 1. The van der Waals surface area contributed by atoms with Gasteiger partial charge >= 0.3 is 0 Å². The topological polar surface area (TPSA) is 66.0 Å². The minimum absolute atomic E-state index is 0.204.